The maximum absolute atomic E-state index is 9.79. The maximum atomic E-state index is 9.79. The summed E-state index contributed by atoms with van der Waals surface area (Å²) < 4.78 is 5.41. The molecule has 1 aliphatic carbocycles. The highest BCUT2D eigenvalue weighted by atomic mass is 16.5. The van der Waals surface area contributed by atoms with Crippen molar-refractivity contribution in [3.05, 3.63) is 0 Å². The van der Waals surface area contributed by atoms with Gasteiger partial charge < -0.3 is 15.2 Å². The highest BCUT2D eigenvalue weighted by Crippen LogP contribution is 2.33. The number of rotatable bonds is 1. The first-order chi connectivity index (χ1) is 5.81. The Morgan fingerprint density at radius 3 is 2.33 bits per heavy atom. The summed E-state index contributed by atoms with van der Waals surface area (Å²) >= 11 is 0. The second-order valence-electron chi connectivity index (χ2n) is 4.01. The van der Waals surface area contributed by atoms with E-state index in [4.69, 9.17) is 4.74 Å². The van der Waals surface area contributed by atoms with Crippen LogP contribution in [0.3, 0.4) is 0 Å². The van der Waals surface area contributed by atoms with Gasteiger partial charge in [0.1, 0.15) is 0 Å². The number of nitrogens with one attached hydrogen (secondary N) is 1. The second-order valence-corrected chi connectivity index (χ2v) is 4.01. The first-order valence-corrected chi connectivity index (χ1v) is 4.74. The van der Waals surface area contributed by atoms with E-state index >= 15 is 0 Å². The number of aliphatic hydroxyl groups is 1. The molecule has 0 aromatic carbocycles. The van der Waals surface area contributed by atoms with Gasteiger partial charge in [-0.15, -0.1) is 0 Å². The molecule has 12 heavy (non-hydrogen) atoms. The Kier molecular flexibility index (Phi) is 2.35. The van der Waals surface area contributed by atoms with Gasteiger partial charge >= 0.3 is 0 Å². The Morgan fingerprint density at radius 1 is 1.25 bits per heavy atom. The first kappa shape index (κ1) is 8.48. The summed E-state index contributed by atoms with van der Waals surface area (Å²) in [5.74, 6) is 0.741. The first-order valence-electron chi connectivity index (χ1n) is 4.74. The fourth-order valence-corrected chi connectivity index (χ4v) is 2.43. The van der Waals surface area contributed by atoms with Gasteiger partial charge in [0.05, 0.1) is 19.3 Å². The highest BCUT2D eigenvalue weighted by Gasteiger charge is 2.39. The third-order valence-corrected chi connectivity index (χ3v) is 3.21. The molecule has 1 aliphatic heterocycles. The number of fused-ring (bicyclic) bond motifs is 2. The fourth-order valence-electron chi connectivity index (χ4n) is 2.43. The minimum absolute atomic E-state index is 0.108. The van der Waals surface area contributed by atoms with E-state index in [1.165, 1.54) is 0 Å². The van der Waals surface area contributed by atoms with E-state index in [1.807, 2.05) is 7.05 Å². The van der Waals surface area contributed by atoms with Crippen molar-refractivity contribution < 1.29 is 9.84 Å². The van der Waals surface area contributed by atoms with E-state index in [1.54, 1.807) is 0 Å². The van der Waals surface area contributed by atoms with Crippen molar-refractivity contribution in [1.29, 1.82) is 0 Å². The van der Waals surface area contributed by atoms with Crippen LogP contribution < -0.4 is 5.32 Å². The van der Waals surface area contributed by atoms with Gasteiger partial charge in [-0.2, -0.15) is 0 Å². The molecule has 2 rings (SSSR count). The van der Waals surface area contributed by atoms with Crippen molar-refractivity contribution in [3.8, 4) is 0 Å². The summed E-state index contributed by atoms with van der Waals surface area (Å²) in [5, 5.41) is 13.1. The van der Waals surface area contributed by atoms with Crippen LogP contribution in [0.15, 0.2) is 0 Å². The van der Waals surface area contributed by atoms with Gasteiger partial charge in [0.2, 0.25) is 0 Å². The maximum Gasteiger partial charge on any atom is 0.0641 e. The quantitative estimate of drug-likeness (QED) is 0.583. The third kappa shape index (κ3) is 1.37. The van der Waals surface area contributed by atoms with Crippen molar-refractivity contribution in [3.63, 3.8) is 0 Å². The molecule has 2 unspecified atom stereocenters. The van der Waals surface area contributed by atoms with E-state index in [9.17, 15) is 5.11 Å². The van der Waals surface area contributed by atoms with Crippen LogP contribution in [0.2, 0.25) is 0 Å². The van der Waals surface area contributed by atoms with Crippen molar-refractivity contribution >= 4 is 0 Å². The summed E-state index contributed by atoms with van der Waals surface area (Å²) in [6.45, 7) is 1.49. The lowest BCUT2D eigenvalue weighted by Crippen LogP contribution is -2.50. The fraction of sp³-hybridized carbons (Fsp3) is 1.00. The average Bonchev–Trinajstić information content (AvgIpc) is 2.04. The van der Waals surface area contributed by atoms with Gasteiger partial charge in [0.25, 0.3) is 0 Å². The molecule has 1 saturated carbocycles. The number of hydrogen-bond acceptors (Lipinski definition) is 3. The molecule has 2 bridgehead atoms. The lowest BCUT2D eigenvalue weighted by Gasteiger charge is -2.42. The smallest absolute Gasteiger partial charge is 0.0641 e. The van der Waals surface area contributed by atoms with Crippen LogP contribution >= 0.6 is 0 Å². The van der Waals surface area contributed by atoms with Crippen molar-refractivity contribution in [2.75, 3.05) is 20.3 Å². The largest absolute Gasteiger partial charge is 0.392 e. The molecule has 1 heterocycles. The Bertz CT molecular complexity index is 149. The van der Waals surface area contributed by atoms with Gasteiger partial charge in [-0.1, -0.05) is 0 Å². The summed E-state index contributed by atoms with van der Waals surface area (Å²) in [5.41, 5.74) is 0. The molecular weight excluding hydrogens is 154 g/mol. The van der Waals surface area contributed by atoms with Gasteiger partial charge in [-0.3, -0.25) is 0 Å². The summed E-state index contributed by atoms with van der Waals surface area (Å²) in [6, 6.07) is 0.590. The molecule has 3 nitrogen and oxygen atoms in total. The zero-order chi connectivity index (χ0) is 8.55. The predicted molar refractivity (Wildman–Crippen MR) is 45.9 cm³/mol. The monoisotopic (exact) mass is 171 g/mol. The minimum Gasteiger partial charge on any atom is -0.392 e. The molecule has 0 amide bonds. The zero-order valence-electron chi connectivity index (χ0n) is 7.49. The van der Waals surface area contributed by atoms with E-state index < -0.39 is 0 Å². The Hall–Kier alpha value is -0.120. The summed E-state index contributed by atoms with van der Waals surface area (Å²) in [6.07, 6.45) is 2.02. The zero-order valence-corrected chi connectivity index (χ0v) is 7.49. The average molecular weight is 171 g/mol. The van der Waals surface area contributed by atoms with Crippen LogP contribution in [0.1, 0.15) is 12.8 Å². The second kappa shape index (κ2) is 3.32. The Labute approximate surface area is 73.1 Å². The standard InChI is InChI=1S/C9H17NO2/c1-10-8-2-6-4-12-5-7(3-8)9(6)11/h6-11H,2-5H2,1H3. The molecule has 2 aliphatic rings. The SMILES string of the molecule is CNC1CC2COCC(C1)C2O. The lowest BCUT2D eigenvalue weighted by molar-refractivity contribution is -0.108. The minimum atomic E-state index is -0.108. The summed E-state index contributed by atoms with van der Waals surface area (Å²) in [7, 11) is 2.00. The van der Waals surface area contributed by atoms with Crippen LogP contribution in [-0.2, 0) is 4.74 Å². The third-order valence-electron chi connectivity index (χ3n) is 3.21. The number of ether oxygens (including phenoxy) is 1. The molecule has 2 fully saturated rings. The Balaban J connectivity index is 2.02. The molecule has 2 atom stereocenters. The van der Waals surface area contributed by atoms with Gasteiger partial charge in [-0.05, 0) is 19.9 Å². The van der Waals surface area contributed by atoms with Gasteiger partial charge in [0.15, 0.2) is 0 Å². The highest BCUT2D eigenvalue weighted by molar-refractivity contribution is 4.91. The topological polar surface area (TPSA) is 41.5 Å². The van der Waals surface area contributed by atoms with Crippen LogP contribution in [0.4, 0.5) is 0 Å². The summed E-state index contributed by atoms with van der Waals surface area (Å²) in [4.78, 5) is 0. The predicted octanol–water partition coefficient (Wildman–Crippen LogP) is -0.00830. The molecular formula is C9H17NO2. The molecule has 3 heteroatoms. The molecule has 0 aromatic rings. The molecule has 0 aromatic heterocycles. The molecule has 2 N–H and O–H groups in total. The van der Waals surface area contributed by atoms with Crippen LogP contribution in [0.25, 0.3) is 0 Å². The van der Waals surface area contributed by atoms with Crippen molar-refractivity contribution in [2.45, 2.75) is 25.0 Å². The van der Waals surface area contributed by atoms with Crippen LogP contribution in [0.5, 0.6) is 0 Å². The number of aliphatic hydroxyl groups excluding tert-OH is 1. The van der Waals surface area contributed by atoms with Crippen LogP contribution in [-0.4, -0.2) is 37.5 Å². The van der Waals surface area contributed by atoms with Crippen molar-refractivity contribution in [2.24, 2.45) is 11.8 Å². The molecule has 1 saturated heterocycles. The van der Waals surface area contributed by atoms with E-state index in [-0.39, 0.29) is 6.10 Å². The van der Waals surface area contributed by atoms with E-state index in [2.05, 4.69) is 5.32 Å². The van der Waals surface area contributed by atoms with Crippen LogP contribution in [0, 0.1) is 11.8 Å². The molecule has 70 valence electrons. The molecule has 0 radical (unpaired) electrons. The Morgan fingerprint density at radius 2 is 1.83 bits per heavy atom. The number of hydrogen-bond donors (Lipinski definition) is 2. The van der Waals surface area contributed by atoms with E-state index in [0.717, 1.165) is 26.1 Å². The normalized spacial score (nSPS) is 47.5. The van der Waals surface area contributed by atoms with Gasteiger partial charge in [0, 0.05) is 17.9 Å². The van der Waals surface area contributed by atoms with Gasteiger partial charge in [-0.25, -0.2) is 0 Å². The lowest BCUT2D eigenvalue weighted by atomic mass is 9.75. The van der Waals surface area contributed by atoms with Crippen molar-refractivity contribution in [1.82, 2.24) is 5.32 Å². The van der Waals surface area contributed by atoms with E-state index in [0.29, 0.717) is 17.9 Å². The molecule has 0 spiro atoms.